The topological polar surface area (TPSA) is 76.0 Å². The van der Waals surface area contributed by atoms with Crippen molar-refractivity contribution in [1.29, 1.82) is 0 Å². The second-order valence-electron chi connectivity index (χ2n) is 6.82. The number of hydrogen-bond donors (Lipinski definition) is 0. The molecule has 4 rings (SSSR count). The SMILES string of the molecule is COc1cccc(CN2C(=NC(=O)Cc3cccs3)SC3CS(=O)(=O)CC32)c1. The molecule has 1 aromatic carbocycles. The zero-order valence-electron chi connectivity index (χ0n) is 15.3. The largest absolute Gasteiger partial charge is 0.497 e. The number of aliphatic imine (C=N–C) groups is 1. The lowest BCUT2D eigenvalue weighted by Gasteiger charge is -2.24. The van der Waals surface area contributed by atoms with E-state index < -0.39 is 9.84 Å². The molecule has 148 valence electrons. The monoisotopic (exact) mass is 436 g/mol. The molecule has 9 heteroatoms. The van der Waals surface area contributed by atoms with E-state index in [1.54, 1.807) is 7.11 Å². The van der Waals surface area contributed by atoms with Crippen molar-refractivity contribution in [2.45, 2.75) is 24.3 Å². The number of thiophene rings is 1. The summed E-state index contributed by atoms with van der Waals surface area (Å²) < 4.78 is 29.5. The van der Waals surface area contributed by atoms with Gasteiger partial charge in [0.2, 0.25) is 0 Å². The molecule has 28 heavy (non-hydrogen) atoms. The van der Waals surface area contributed by atoms with E-state index in [4.69, 9.17) is 4.74 Å². The fraction of sp³-hybridized carbons (Fsp3) is 0.368. The van der Waals surface area contributed by atoms with E-state index in [0.29, 0.717) is 11.7 Å². The molecule has 0 spiro atoms. The van der Waals surface area contributed by atoms with Gasteiger partial charge in [-0.15, -0.1) is 11.3 Å². The molecule has 1 aromatic heterocycles. The van der Waals surface area contributed by atoms with Crippen LogP contribution in [0.3, 0.4) is 0 Å². The molecule has 0 bridgehead atoms. The number of methoxy groups -OCH3 is 1. The van der Waals surface area contributed by atoms with Gasteiger partial charge in [0.1, 0.15) is 5.75 Å². The Bertz CT molecular complexity index is 1000. The Morgan fingerprint density at radius 3 is 2.89 bits per heavy atom. The van der Waals surface area contributed by atoms with Gasteiger partial charge in [-0.1, -0.05) is 30.0 Å². The van der Waals surface area contributed by atoms with Crippen molar-refractivity contribution >= 4 is 44.0 Å². The Morgan fingerprint density at radius 1 is 1.29 bits per heavy atom. The Morgan fingerprint density at radius 2 is 2.14 bits per heavy atom. The van der Waals surface area contributed by atoms with E-state index in [2.05, 4.69) is 4.99 Å². The minimum Gasteiger partial charge on any atom is -0.497 e. The average Bonchev–Trinajstić information content (AvgIpc) is 3.32. The maximum atomic E-state index is 12.5. The highest BCUT2D eigenvalue weighted by molar-refractivity contribution is 8.15. The minimum atomic E-state index is -3.06. The van der Waals surface area contributed by atoms with E-state index >= 15 is 0 Å². The summed E-state index contributed by atoms with van der Waals surface area (Å²) in [4.78, 5) is 19.7. The number of sulfone groups is 1. The molecule has 2 unspecified atom stereocenters. The van der Waals surface area contributed by atoms with E-state index in [1.165, 1.54) is 23.1 Å². The third kappa shape index (κ3) is 4.26. The van der Waals surface area contributed by atoms with Crippen molar-refractivity contribution in [2.75, 3.05) is 18.6 Å². The number of nitrogens with zero attached hydrogens (tertiary/aromatic N) is 2. The van der Waals surface area contributed by atoms with Crippen LogP contribution in [0.5, 0.6) is 5.75 Å². The average molecular weight is 437 g/mol. The summed E-state index contributed by atoms with van der Waals surface area (Å²) in [5.74, 6) is 0.776. The molecular weight excluding hydrogens is 416 g/mol. The van der Waals surface area contributed by atoms with Crippen molar-refractivity contribution in [2.24, 2.45) is 4.99 Å². The predicted molar refractivity (Wildman–Crippen MR) is 113 cm³/mol. The molecule has 2 saturated heterocycles. The van der Waals surface area contributed by atoms with Crippen molar-refractivity contribution < 1.29 is 17.9 Å². The highest BCUT2D eigenvalue weighted by Crippen LogP contribution is 2.39. The summed E-state index contributed by atoms with van der Waals surface area (Å²) in [5, 5.41) is 2.47. The Labute approximate surface area is 172 Å². The van der Waals surface area contributed by atoms with E-state index in [0.717, 1.165) is 16.2 Å². The second kappa shape index (κ2) is 7.88. The van der Waals surface area contributed by atoms with Gasteiger partial charge in [0.15, 0.2) is 15.0 Å². The van der Waals surface area contributed by atoms with Gasteiger partial charge in [0.05, 0.1) is 31.1 Å². The first kappa shape index (κ1) is 19.5. The zero-order valence-corrected chi connectivity index (χ0v) is 17.7. The molecule has 2 aliphatic rings. The number of amides is 1. The fourth-order valence-electron chi connectivity index (χ4n) is 3.50. The summed E-state index contributed by atoms with van der Waals surface area (Å²) in [6.45, 7) is 0.492. The molecule has 0 saturated carbocycles. The lowest BCUT2D eigenvalue weighted by molar-refractivity contribution is -0.117. The molecule has 1 amide bonds. The maximum absolute atomic E-state index is 12.5. The number of fused-ring (bicyclic) bond motifs is 1. The van der Waals surface area contributed by atoms with Gasteiger partial charge in [-0.2, -0.15) is 4.99 Å². The number of amidine groups is 1. The molecule has 3 heterocycles. The minimum absolute atomic E-state index is 0.0797. The van der Waals surface area contributed by atoms with Gasteiger partial charge in [-0.3, -0.25) is 4.79 Å². The van der Waals surface area contributed by atoms with Gasteiger partial charge in [-0.05, 0) is 29.1 Å². The van der Waals surface area contributed by atoms with Gasteiger partial charge in [0.25, 0.3) is 5.91 Å². The van der Waals surface area contributed by atoms with E-state index in [1.807, 2.05) is 46.7 Å². The molecule has 2 aliphatic heterocycles. The molecule has 6 nitrogen and oxygen atoms in total. The number of carbonyl (C=O) groups is 1. The maximum Gasteiger partial charge on any atom is 0.253 e. The summed E-state index contributed by atoms with van der Waals surface area (Å²) in [5.41, 5.74) is 0.989. The molecule has 2 atom stereocenters. The van der Waals surface area contributed by atoms with Crippen LogP contribution >= 0.6 is 23.1 Å². The van der Waals surface area contributed by atoms with Gasteiger partial charge < -0.3 is 9.64 Å². The first-order chi connectivity index (χ1) is 13.4. The van der Waals surface area contributed by atoms with Crippen LogP contribution in [0.4, 0.5) is 0 Å². The fourth-order valence-corrected chi connectivity index (χ4v) is 8.16. The summed E-state index contributed by atoms with van der Waals surface area (Å²) >= 11 is 2.94. The van der Waals surface area contributed by atoms with Crippen molar-refractivity contribution in [3.63, 3.8) is 0 Å². The predicted octanol–water partition coefficient (Wildman–Crippen LogP) is 2.60. The van der Waals surface area contributed by atoms with Crippen LogP contribution in [-0.4, -0.2) is 54.3 Å². The normalized spacial score (nSPS) is 24.5. The zero-order chi connectivity index (χ0) is 19.7. The molecule has 2 aromatic rings. The van der Waals surface area contributed by atoms with E-state index in [9.17, 15) is 13.2 Å². The number of carbonyl (C=O) groups excluding carboxylic acids is 1. The molecule has 2 fully saturated rings. The molecule has 0 N–H and O–H groups in total. The van der Waals surface area contributed by atoms with Crippen LogP contribution in [-0.2, 0) is 27.6 Å². The third-order valence-electron chi connectivity index (χ3n) is 4.79. The highest BCUT2D eigenvalue weighted by Gasteiger charge is 2.48. The lowest BCUT2D eigenvalue weighted by atomic mass is 10.1. The van der Waals surface area contributed by atoms with Gasteiger partial charge >= 0.3 is 0 Å². The number of thioether (sulfide) groups is 1. The molecular formula is C19H20N2O4S3. The highest BCUT2D eigenvalue weighted by atomic mass is 32.2. The smallest absolute Gasteiger partial charge is 0.253 e. The number of rotatable bonds is 5. The van der Waals surface area contributed by atoms with Crippen LogP contribution in [0.15, 0.2) is 46.8 Å². The first-order valence-corrected chi connectivity index (χ1v) is 12.4. The first-order valence-electron chi connectivity index (χ1n) is 8.84. The van der Waals surface area contributed by atoms with Crippen molar-refractivity contribution in [3.05, 3.63) is 52.2 Å². The van der Waals surface area contributed by atoms with Gasteiger partial charge in [0, 0.05) is 16.7 Å². The quantitative estimate of drug-likeness (QED) is 0.717. The summed E-state index contributed by atoms with van der Waals surface area (Å²) in [7, 11) is -1.45. The Balaban J connectivity index is 1.59. The standard InChI is InChI=1S/C19H20N2O4S3/c1-25-14-5-2-4-13(8-14)10-21-16-11-28(23,24)12-17(16)27-19(21)20-18(22)9-15-6-3-7-26-15/h2-8,16-17H,9-12H2,1H3. The van der Waals surface area contributed by atoms with Crippen LogP contribution in [0, 0.1) is 0 Å². The summed E-state index contributed by atoms with van der Waals surface area (Å²) in [6.07, 6.45) is 0.266. The van der Waals surface area contributed by atoms with Crippen LogP contribution in [0.2, 0.25) is 0 Å². The van der Waals surface area contributed by atoms with Crippen LogP contribution < -0.4 is 4.74 Å². The number of hydrogen-bond acceptors (Lipinski definition) is 6. The molecule has 0 radical (unpaired) electrons. The van der Waals surface area contributed by atoms with Crippen molar-refractivity contribution in [1.82, 2.24) is 4.90 Å². The number of ether oxygens (including phenoxy) is 1. The third-order valence-corrected chi connectivity index (χ3v) is 8.91. The Kier molecular flexibility index (Phi) is 5.48. The summed E-state index contributed by atoms with van der Waals surface area (Å²) in [6, 6.07) is 11.3. The molecule has 0 aliphatic carbocycles. The van der Waals surface area contributed by atoms with Crippen LogP contribution in [0.1, 0.15) is 10.4 Å². The van der Waals surface area contributed by atoms with Crippen molar-refractivity contribution in [3.8, 4) is 5.75 Å². The number of benzene rings is 1. The van der Waals surface area contributed by atoms with Gasteiger partial charge in [-0.25, -0.2) is 8.42 Å². The second-order valence-corrected chi connectivity index (χ2v) is 11.2. The Hall–Kier alpha value is -1.84. The van der Waals surface area contributed by atoms with E-state index in [-0.39, 0.29) is 35.1 Å². The van der Waals surface area contributed by atoms with Crippen LogP contribution in [0.25, 0.3) is 0 Å². The lowest BCUT2D eigenvalue weighted by Crippen LogP contribution is -2.37.